The Balaban J connectivity index is 1.79. The highest BCUT2D eigenvalue weighted by molar-refractivity contribution is 5.93. The number of nitrogens with zero attached hydrogens (tertiary/aromatic N) is 5. The van der Waals surface area contributed by atoms with E-state index in [2.05, 4.69) is 39.0 Å². The lowest BCUT2D eigenvalue weighted by atomic mass is 10.0. The van der Waals surface area contributed by atoms with Crippen molar-refractivity contribution >= 4 is 22.4 Å². The van der Waals surface area contributed by atoms with Gasteiger partial charge >= 0.3 is 12.4 Å². The number of rotatable bonds is 11. The standard InChI is InChI=1S/C29H30F6N6/c1-3-5-14-41(15-6-4-2)18-25-39-23-16-19(26-22(28(30,31)32)8-7-13-36-26)9-11-21(23)27(40-25)38-20-10-12-24(37-17-20)29(33,34)35/h7-13,16-17H,3-6,14-15,18H2,1-2H3,(H,38,39,40). The minimum absolute atomic E-state index is 0.226. The van der Waals surface area contributed by atoms with Crippen molar-refractivity contribution in [3.63, 3.8) is 0 Å². The number of hydrogen-bond acceptors (Lipinski definition) is 6. The third-order valence-electron chi connectivity index (χ3n) is 6.47. The number of fused-ring (bicyclic) bond motifs is 1. The number of hydrogen-bond donors (Lipinski definition) is 1. The molecule has 1 aromatic carbocycles. The maximum atomic E-state index is 13.7. The van der Waals surface area contributed by atoms with Crippen LogP contribution in [-0.2, 0) is 18.9 Å². The van der Waals surface area contributed by atoms with Crippen molar-refractivity contribution in [1.82, 2.24) is 24.8 Å². The quantitative estimate of drug-likeness (QED) is 0.181. The zero-order chi connectivity index (χ0) is 29.6. The van der Waals surface area contributed by atoms with Gasteiger partial charge in [-0.15, -0.1) is 0 Å². The van der Waals surface area contributed by atoms with Gasteiger partial charge in [0.2, 0.25) is 0 Å². The highest BCUT2D eigenvalue weighted by Crippen LogP contribution is 2.37. The van der Waals surface area contributed by atoms with Gasteiger partial charge in [0, 0.05) is 17.1 Å². The summed E-state index contributed by atoms with van der Waals surface area (Å²) in [7, 11) is 0. The number of benzene rings is 1. The fourth-order valence-corrected chi connectivity index (χ4v) is 4.36. The first-order valence-corrected chi connectivity index (χ1v) is 13.4. The fraction of sp³-hybridized carbons (Fsp3) is 0.379. The molecule has 0 saturated heterocycles. The fourth-order valence-electron chi connectivity index (χ4n) is 4.36. The number of anilines is 2. The molecule has 0 spiro atoms. The normalized spacial score (nSPS) is 12.3. The van der Waals surface area contributed by atoms with Crippen LogP contribution in [0.2, 0.25) is 0 Å². The van der Waals surface area contributed by atoms with E-state index >= 15 is 0 Å². The third-order valence-corrected chi connectivity index (χ3v) is 6.47. The maximum Gasteiger partial charge on any atom is 0.433 e. The predicted molar refractivity (Wildman–Crippen MR) is 145 cm³/mol. The smallest absolute Gasteiger partial charge is 0.338 e. The van der Waals surface area contributed by atoms with Gasteiger partial charge in [0.1, 0.15) is 17.3 Å². The van der Waals surface area contributed by atoms with Crippen molar-refractivity contribution in [2.75, 3.05) is 18.4 Å². The van der Waals surface area contributed by atoms with Gasteiger partial charge in [0.25, 0.3) is 0 Å². The number of aromatic nitrogens is 4. The molecular weight excluding hydrogens is 546 g/mol. The Labute approximate surface area is 233 Å². The molecule has 3 heterocycles. The van der Waals surface area contributed by atoms with Crippen molar-refractivity contribution in [3.8, 4) is 11.3 Å². The van der Waals surface area contributed by atoms with Crippen molar-refractivity contribution in [3.05, 3.63) is 71.9 Å². The molecule has 0 radical (unpaired) electrons. The molecule has 0 fully saturated rings. The first kappa shape index (κ1) is 30.2. The molecule has 0 atom stereocenters. The van der Waals surface area contributed by atoms with Crippen LogP contribution >= 0.6 is 0 Å². The van der Waals surface area contributed by atoms with Crippen LogP contribution in [0.15, 0.2) is 54.9 Å². The van der Waals surface area contributed by atoms with Crippen LogP contribution < -0.4 is 5.32 Å². The van der Waals surface area contributed by atoms with Gasteiger partial charge in [-0.3, -0.25) is 9.88 Å². The van der Waals surface area contributed by atoms with Crippen LogP contribution in [0.5, 0.6) is 0 Å². The molecule has 12 heteroatoms. The van der Waals surface area contributed by atoms with Crippen molar-refractivity contribution in [2.45, 2.75) is 58.4 Å². The second-order valence-corrected chi connectivity index (χ2v) is 9.66. The molecule has 0 aliphatic heterocycles. The molecule has 6 nitrogen and oxygen atoms in total. The van der Waals surface area contributed by atoms with Gasteiger partial charge in [-0.25, -0.2) is 15.0 Å². The summed E-state index contributed by atoms with van der Waals surface area (Å²) >= 11 is 0. The van der Waals surface area contributed by atoms with E-state index in [9.17, 15) is 26.3 Å². The molecule has 4 rings (SSSR count). The van der Waals surface area contributed by atoms with Gasteiger partial charge in [-0.1, -0.05) is 32.8 Å². The van der Waals surface area contributed by atoms with E-state index < -0.39 is 23.6 Å². The zero-order valence-electron chi connectivity index (χ0n) is 22.6. The Bertz CT molecular complexity index is 1450. The molecule has 0 amide bonds. The lowest BCUT2D eigenvalue weighted by Crippen LogP contribution is -2.26. The summed E-state index contributed by atoms with van der Waals surface area (Å²) in [5, 5.41) is 3.51. The molecule has 0 unspecified atom stereocenters. The van der Waals surface area contributed by atoms with Gasteiger partial charge in [0.15, 0.2) is 0 Å². The minimum atomic E-state index is -4.60. The maximum absolute atomic E-state index is 13.7. The number of pyridine rings is 2. The average molecular weight is 577 g/mol. The summed E-state index contributed by atoms with van der Waals surface area (Å²) in [6.07, 6.45) is -2.87. The Morgan fingerprint density at radius 3 is 2.17 bits per heavy atom. The summed E-state index contributed by atoms with van der Waals surface area (Å²) < 4.78 is 80.1. The van der Waals surface area contributed by atoms with Gasteiger partial charge in [0.05, 0.1) is 35.2 Å². The highest BCUT2D eigenvalue weighted by atomic mass is 19.4. The summed E-state index contributed by atoms with van der Waals surface area (Å²) in [5.41, 5.74) is -1.25. The van der Waals surface area contributed by atoms with E-state index in [1.807, 2.05) is 0 Å². The summed E-state index contributed by atoms with van der Waals surface area (Å²) in [5.74, 6) is 0.738. The zero-order valence-corrected chi connectivity index (χ0v) is 22.6. The van der Waals surface area contributed by atoms with Crippen LogP contribution in [0.4, 0.5) is 37.8 Å². The Hall–Kier alpha value is -3.80. The molecule has 218 valence electrons. The Morgan fingerprint density at radius 1 is 0.829 bits per heavy atom. The molecule has 0 aliphatic carbocycles. The van der Waals surface area contributed by atoms with Gasteiger partial charge in [-0.05, 0) is 62.3 Å². The van der Waals surface area contributed by atoms with E-state index in [0.29, 0.717) is 29.1 Å². The van der Waals surface area contributed by atoms with E-state index in [-0.39, 0.29) is 16.9 Å². The van der Waals surface area contributed by atoms with E-state index in [1.165, 1.54) is 30.5 Å². The molecule has 0 saturated carbocycles. The average Bonchev–Trinajstić information content (AvgIpc) is 2.93. The molecular formula is C29H30F6N6. The summed E-state index contributed by atoms with van der Waals surface area (Å²) in [6, 6.07) is 8.91. The monoisotopic (exact) mass is 576 g/mol. The van der Waals surface area contributed by atoms with Crippen molar-refractivity contribution in [1.29, 1.82) is 0 Å². The molecule has 1 N–H and O–H groups in total. The van der Waals surface area contributed by atoms with Crippen LogP contribution in [0, 0.1) is 0 Å². The lowest BCUT2D eigenvalue weighted by molar-refractivity contribution is -0.141. The topological polar surface area (TPSA) is 66.8 Å². The van der Waals surface area contributed by atoms with Crippen molar-refractivity contribution < 1.29 is 26.3 Å². The molecule has 41 heavy (non-hydrogen) atoms. The highest BCUT2D eigenvalue weighted by Gasteiger charge is 2.34. The second-order valence-electron chi connectivity index (χ2n) is 9.66. The first-order valence-electron chi connectivity index (χ1n) is 13.4. The van der Waals surface area contributed by atoms with E-state index in [4.69, 9.17) is 4.98 Å². The van der Waals surface area contributed by atoms with E-state index in [1.54, 1.807) is 6.07 Å². The molecule has 3 aromatic heterocycles. The number of halogens is 6. The number of unbranched alkanes of at least 4 members (excludes halogenated alkanes) is 2. The van der Waals surface area contributed by atoms with Crippen LogP contribution in [0.3, 0.4) is 0 Å². The molecule has 4 aromatic rings. The van der Waals surface area contributed by atoms with Gasteiger partial charge in [-0.2, -0.15) is 26.3 Å². The lowest BCUT2D eigenvalue weighted by Gasteiger charge is -2.22. The largest absolute Gasteiger partial charge is 0.433 e. The summed E-state index contributed by atoms with van der Waals surface area (Å²) in [4.78, 5) is 19.1. The summed E-state index contributed by atoms with van der Waals surface area (Å²) in [6.45, 7) is 6.24. The molecule has 0 aliphatic rings. The van der Waals surface area contributed by atoms with Crippen molar-refractivity contribution in [2.24, 2.45) is 0 Å². The second kappa shape index (κ2) is 12.8. The van der Waals surface area contributed by atoms with E-state index in [0.717, 1.165) is 57.1 Å². The first-order chi connectivity index (χ1) is 19.5. The molecule has 0 bridgehead atoms. The SMILES string of the molecule is CCCCN(CCCC)Cc1nc(Nc2ccc(C(F)(F)F)nc2)c2ccc(-c3ncccc3C(F)(F)F)cc2n1. The van der Waals surface area contributed by atoms with Crippen LogP contribution in [0.1, 0.15) is 56.6 Å². The third kappa shape index (κ3) is 7.69. The number of nitrogens with one attached hydrogen (secondary N) is 1. The number of alkyl halides is 6. The van der Waals surface area contributed by atoms with Gasteiger partial charge < -0.3 is 5.32 Å². The Kier molecular flexibility index (Phi) is 9.42. The Morgan fingerprint density at radius 2 is 1.56 bits per heavy atom. The van der Waals surface area contributed by atoms with Crippen LogP contribution in [-0.4, -0.2) is 37.9 Å². The predicted octanol–water partition coefficient (Wildman–Crippen LogP) is 8.27. The minimum Gasteiger partial charge on any atom is -0.338 e. The van der Waals surface area contributed by atoms with Crippen LogP contribution in [0.25, 0.3) is 22.2 Å².